The number of nitrogens with one attached hydrogen (secondary N) is 1. The van der Waals surface area contributed by atoms with Crippen LogP contribution in [0.5, 0.6) is 5.75 Å². The molecule has 5 heteroatoms. The van der Waals surface area contributed by atoms with Crippen molar-refractivity contribution in [2.45, 2.75) is 0 Å². The molecule has 0 aromatic heterocycles. The molecule has 3 aromatic carbocycles. The Labute approximate surface area is 154 Å². The third kappa shape index (κ3) is 3.29. The Balaban J connectivity index is 1.72. The molecule has 122 valence electrons. The van der Waals surface area contributed by atoms with Gasteiger partial charge in [0, 0.05) is 0 Å². The molecule has 0 saturated carbocycles. The summed E-state index contributed by atoms with van der Waals surface area (Å²) in [6.45, 7) is 0. The maximum atomic E-state index is 11.8. The first-order valence-corrected chi connectivity index (χ1v) is 8.89. The minimum atomic E-state index is -0.147. The van der Waals surface area contributed by atoms with Crippen molar-refractivity contribution >= 4 is 51.1 Å². The number of phenolic OH excluding ortho intramolecular Hbond substituents is 1. The van der Waals surface area contributed by atoms with Gasteiger partial charge in [-0.3, -0.25) is 4.79 Å². The van der Waals surface area contributed by atoms with E-state index in [0.717, 1.165) is 27.5 Å². The second-order valence-corrected chi connectivity index (χ2v) is 7.44. The van der Waals surface area contributed by atoms with Crippen molar-refractivity contribution in [2.75, 3.05) is 0 Å². The minimum absolute atomic E-state index is 0.147. The molecule has 0 atom stereocenters. The van der Waals surface area contributed by atoms with Crippen LogP contribution in [0.15, 0.2) is 65.6 Å². The molecule has 0 radical (unpaired) electrons. The smallest absolute Gasteiger partial charge is 0.263 e. The number of phenols is 1. The van der Waals surface area contributed by atoms with Crippen LogP contribution in [0.1, 0.15) is 5.56 Å². The summed E-state index contributed by atoms with van der Waals surface area (Å²) in [5, 5.41) is 14.3. The number of benzene rings is 3. The molecule has 25 heavy (non-hydrogen) atoms. The average molecular weight is 363 g/mol. The second kappa shape index (κ2) is 6.35. The van der Waals surface area contributed by atoms with E-state index in [0.29, 0.717) is 9.23 Å². The zero-order valence-corrected chi connectivity index (χ0v) is 14.7. The van der Waals surface area contributed by atoms with Crippen molar-refractivity contribution in [3.8, 4) is 16.9 Å². The van der Waals surface area contributed by atoms with Gasteiger partial charge >= 0.3 is 0 Å². The van der Waals surface area contributed by atoms with Crippen molar-refractivity contribution in [1.82, 2.24) is 5.32 Å². The Hall–Kier alpha value is -2.63. The Kier molecular flexibility index (Phi) is 4.03. The Morgan fingerprint density at radius 3 is 2.52 bits per heavy atom. The molecule has 1 fully saturated rings. The van der Waals surface area contributed by atoms with Gasteiger partial charge in [0.1, 0.15) is 10.1 Å². The van der Waals surface area contributed by atoms with Crippen molar-refractivity contribution in [1.29, 1.82) is 0 Å². The fourth-order valence-electron chi connectivity index (χ4n) is 2.79. The molecule has 1 heterocycles. The predicted molar refractivity (Wildman–Crippen MR) is 107 cm³/mol. The number of aromatic hydroxyl groups is 1. The van der Waals surface area contributed by atoms with E-state index in [4.69, 9.17) is 12.2 Å². The van der Waals surface area contributed by atoms with E-state index >= 15 is 0 Å². The van der Waals surface area contributed by atoms with Gasteiger partial charge in [-0.2, -0.15) is 0 Å². The van der Waals surface area contributed by atoms with Gasteiger partial charge in [0.2, 0.25) is 0 Å². The molecule has 3 nitrogen and oxygen atoms in total. The number of rotatable bonds is 2. The molecule has 0 bridgehead atoms. The Morgan fingerprint density at radius 2 is 1.72 bits per heavy atom. The van der Waals surface area contributed by atoms with E-state index in [9.17, 15) is 9.90 Å². The van der Waals surface area contributed by atoms with Gasteiger partial charge < -0.3 is 10.4 Å². The van der Waals surface area contributed by atoms with E-state index in [2.05, 4.69) is 11.4 Å². The quantitative estimate of drug-likeness (QED) is 0.512. The molecule has 1 aliphatic rings. The van der Waals surface area contributed by atoms with Gasteiger partial charge in [-0.1, -0.05) is 60.4 Å². The van der Waals surface area contributed by atoms with Crippen molar-refractivity contribution in [3.05, 3.63) is 71.1 Å². The number of hydrogen-bond donors (Lipinski definition) is 2. The molecule has 0 aliphatic carbocycles. The first kappa shape index (κ1) is 15.9. The first-order valence-electron chi connectivity index (χ1n) is 7.66. The summed E-state index contributed by atoms with van der Waals surface area (Å²) in [5.74, 6) is 0.116. The molecule has 0 unspecified atom stereocenters. The van der Waals surface area contributed by atoms with Crippen molar-refractivity contribution < 1.29 is 9.90 Å². The molecule has 1 saturated heterocycles. The SMILES string of the molecule is O=C1NC(=S)SC1=Cc1cccc(-c2ccc3cc(O)ccc3c2)c1. The second-order valence-electron chi connectivity index (χ2n) is 5.72. The lowest BCUT2D eigenvalue weighted by Crippen LogP contribution is -2.17. The lowest BCUT2D eigenvalue weighted by molar-refractivity contribution is -0.115. The molecule has 0 spiro atoms. The minimum Gasteiger partial charge on any atom is -0.508 e. The summed E-state index contributed by atoms with van der Waals surface area (Å²) in [5.41, 5.74) is 3.10. The third-order valence-electron chi connectivity index (χ3n) is 3.98. The van der Waals surface area contributed by atoms with E-state index in [-0.39, 0.29) is 11.7 Å². The van der Waals surface area contributed by atoms with Crippen LogP contribution in [-0.4, -0.2) is 15.3 Å². The largest absolute Gasteiger partial charge is 0.508 e. The highest BCUT2D eigenvalue weighted by Gasteiger charge is 2.21. The average Bonchev–Trinajstić information content (AvgIpc) is 2.92. The molecule has 2 N–H and O–H groups in total. The summed E-state index contributed by atoms with van der Waals surface area (Å²) in [4.78, 5) is 12.4. The lowest BCUT2D eigenvalue weighted by Gasteiger charge is -2.06. The first-order chi connectivity index (χ1) is 12.1. The maximum Gasteiger partial charge on any atom is 0.263 e. The summed E-state index contributed by atoms with van der Waals surface area (Å²) in [7, 11) is 0. The monoisotopic (exact) mass is 363 g/mol. The summed E-state index contributed by atoms with van der Waals surface area (Å²) in [6.07, 6.45) is 1.85. The van der Waals surface area contributed by atoms with Crippen LogP contribution in [-0.2, 0) is 4.79 Å². The van der Waals surface area contributed by atoms with Gasteiger partial charge in [0.05, 0.1) is 4.91 Å². The number of thiocarbonyl (C=S) groups is 1. The Bertz CT molecular complexity index is 1060. The number of hydrogen-bond acceptors (Lipinski definition) is 4. The normalized spacial score (nSPS) is 15.8. The predicted octanol–water partition coefficient (Wildman–Crippen LogP) is 4.70. The number of fused-ring (bicyclic) bond motifs is 1. The number of thioether (sulfide) groups is 1. The van der Waals surface area contributed by atoms with Crippen LogP contribution >= 0.6 is 24.0 Å². The van der Waals surface area contributed by atoms with Crippen molar-refractivity contribution in [2.24, 2.45) is 0 Å². The van der Waals surface area contributed by atoms with Gasteiger partial charge in [-0.15, -0.1) is 0 Å². The third-order valence-corrected chi connectivity index (χ3v) is 5.15. The molecule has 3 aromatic rings. The van der Waals surface area contributed by atoms with Gasteiger partial charge in [-0.05, 0) is 57.8 Å². The van der Waals surface area contributed by atoms with E-state index in [1.54, 1.807) is 12.1 Å². The molecule has 1 aliphatic heterocycles. The molecule has 1 amide bonds. The van der Waals surface area contributed by atoms with Gasteiger partial charge in [0.25, 0.3) is 5.91 Å². The summed E-state index contributed by atoms with van der Waals surface area (Å²) >= 11 is 6.30. The Morgan fingerprint density at radius 1 is 0.960 bits per heavy atom. The zero-order chi connectivity index (χ0) is 17.4. The van der Waals surface area contributed by atoms with E-state index in [1.807, 2.05) is 48.5 Å². The summed E-state index contributed by atoms with van der Waals surface area (Å²) in [6, 6.07) is 19.5. The van der Waals surface area contributed by atoms with Gasteiger partial charge in [-0.25, -0.2) is 0 Å². The van der Waals surface area contributed by atoms with E-state index in [1.165, 1.54) is 11.8 Å². The van der Waals surface area contributed by atoms with Crippen LogP contribution < -0.4 is 5.32 Å². The van der Waals surface area contributed by atoms with Gasteiger partial charge in [0.15, 0.2) is 0 Å². The molecular weight excluding hydrogens is 350 g/mol. The highest BCUT2D eigenvalue weighted by molar-refractivity contribution is 8.26. The molecular formula is C20H13NO2S2. The fraction of sp³-hybridized carbons (Fsp3) is 0. The van der Waals surface area contributed by atoms with Crippen LogP contribution in [0, 0.1) is 0 Å². The van der Waals surface area contributed by atoms with Crippen LogP contribution in [0.3, 0.4) is 0 Å². The fourth-order valence-corrected chi connectivity index (χ4v) is 3.84. The number of carbonyl (C=O) groups is 1. The van der Waals surface area contributed by atoms with Crippen LogP contribution in [0.25, 0.3) is 28.0 Å². The topological polar surface area (TPSA) is 49.3 Å². The summed E-state index contributed by atoms with van der Waals surface area (Å²) < 4.78 is 0.491. The maximum absolute atomic E-state index is 11.8. The van der Waals surface area contributed by atoms with Crippen LogP contribution in [0.4, 0.5) is 0 Å². The van der Waals surface area contributed by atoms with Crippen molar-refractivity contribution in [3.63, 3.8) is 0 Å². The zero-order valence-electron chi connectivity index (χ0n) is 13.0. The lowest BCUT2D eigenvalue weighted by atomic mass is 9.99. The highest BCUT2D eigenvalue weighted by atomic mass is 32.2. The molecule has 4 rings (SSSR count). The standard InChI is InChI=1S/C20H13NO2S2/c22-17-7-6-15-10-14(4-5-16(15)11-17)13-3-1-2-12(8-13)9-18-19(23)21-20(24)25-18/h1-11,22H,(H,21,23,24). The number of carbonyl (C=O) groups excluding carboxylic acids is 1. The highest BCUT2D eigenvalue weighted by Crippen LogP contribution is 2.29. The van der Waals surface area contributed by atoms with Crippen LogP contribution in [0.2, 0.25) is 0 Å². The van der Waals surface area contributed by atoms with E-state index < -0.39 is 0 Å². The number of amides is 1.